The van der Waals surface area contributed by atoms with Gasteiger partial charge in [-0.1, -0.05) is 38.6 Å². The van der Waals surface area contributed by atoms with Crippen LogP contribution in [0.1, 0.15) is 19.4 Å². The van der Waals surface area contributed by atoms with Crippen LogP contribution < -0.4 is 4.74 Å². The summed E-state index contributed by atoms with van der Waals surface area (Å²) >= 11 is 0. The molecule has 1 rings (SSSR count). The minimum Gasteiger partial charge on any atom is -0.465 e. The van der Waals surface area contributed by atoms with Crippen LogP contribution in [-0.2, 0) is 0 Å². The molecule has 0 bridgehead atoms. The molecule has 1 aromatic rings. The fourth-order valence-electron chi connectivity index (χ4n) is 0.778. The van der Waals surface area contributed by atoms with Gasteiger partial charge in [-0.3, -0.25) is 0 Å². The molecular weight excluding hydrogens is 148 g/mol. The van der Waals surface area contributed by atoms with E-state index in [4.69, 9.17) is 4.74 Å². The lowest BCUT2D eigenvalue weighted by Gasteiger charge is -2.01. The van der Waals surface area contributed by atoms with Crippen molar-refractivity contribution in [2.75, 3.05) is 0 Å². The summed E-state index contributed by atoms with van der Waals surface area (Å²) in [6.45, 7) is 9.47. The van der Waals surface area contributed by atoms with Crippen molar-refractivity contribution in [3.63, 3.8) is 0 Å². The summed E-state index contributed by atoms with van der Waals surface area (Å²) in [5.74, 6) is 0.873. The van der Waals surface area contributed by atoms with Crippen LogP contribution in [0.5, 0.6) is 5.75 Å². The Kier molecular flexibility index (Phi) is 5.80. The fourth-order valence-corrected chi connectivity index (χ4v) is 0.778. The third kappa shape index (κ3) is 3.24. The van der Waals surface area contributed by atoms with Crippen molar-refractivity contribution >= 4 is 0 Å². The molecule has 0 saturated heterocycles. The number of para-hydroxylation sites is 1. The molecule has 0 N–H and O–H groups in total. The van der Waals surface area contributed by atoms with Crippen molar-refractivity contribution in [2.45, 2.75) is 20.8 Å². The van der Waals surface area contributed by atoms with Crippen molar-refractivity contribution in [2.24, 2.45) is 0 Å². The average molecular weight is 164 g/mol. The summed E-state index contributed by atoms with van der Waals surface area (Å²) in [6.07, 6.45) is 1.43. The summed E-state index contributed by atoms with van der Waals surface area (Å²) in [5, 5.41) is 0. The minimum atomic E-state index is 0.873. The number of hydrogen-bond acceptors (Lipinski definition) is 1. The molecule has 1 nitrogen and oxygen atoms in total. The second kappa shape index (κ2) is 6.47. The summed E-state index contributed by atoms with van der Waals surface area (Å²) in [4.78, 5) is 0. The van der Waals surface area contributed by atoms with Gasteiger partial charge in [0.2, 0.25) is 0 Å². The summed E-state index contributed by atoms with van der Waals surface area (Å²) in [7, 11) is 0. The Hall–Kier alpha value is -1.24. The molecule has 0 amide bonds. The molecule has 0 heterocycles. The Morgan fingerprint density at radius 1 is 1.25 bits per heavy atom. The molecule has 0 radical (unpaired) electrons. The van der Waals surface area contributed by atoms with Crippen LogP contribution in [0.2, 0.25) is 0 Å². The van der Waals surface area contributed by atoms with E-state index in [1.54, 1.807) is 0 Å². The van der Waals surface area contributed by atoms with Gasteiger partial charge < -0.3 is 4.74 Å². The first-order valence-electron chi connectivity index (χ1n) is 4.18. The standard InChI is InChI=1S/C9H10O.C2H6/c1-3-10-9-7-5-4-6-8(9)2;1-2/h3-7H,1H2,2H3;1-2H3. The van der Waals surface area contributed by atoms with Gasteiger partial charge in [0.25, 0.3) is 0 Å². The number of benzene rings is 1. The maximum absolute atomic E-state index is 5.10. The Morgan fingerprint density at radius 2 is 1.83 bits per heavy atom. The van der Waals surface area contributed by atoms with Gasteiger partial charge in [0.15, 0.2) is 0 Å². The predicted molar refractivity (Wildman–Crippen MR) is 53.4 cm³/mol. The van der Waals surface area contributed by atoms with E-state index in [9.17, 15) is 0 Å². The molecule has 1 aromatic carbocycles. The van der Waals surface area contributed by atoms with Gasteiger partial charge >= 0.3 is 0 Å². The Morgan fingerprint density at radius 3 is 2.33 bits per heavy atom. The third-order valence-electron chi connectivity index (χ3n) is 1.30. The van der Waals surface area contributed by atoms with Crippen molar-refractivity contribution in [1.82, 2.24) is 0 Å². The highest BCUT2D eigenvalue weighted by Gasteiger charge is 1.92. The van der Waals surface area contributed by atoms with Crippen molar-refractivity contribution < 1.29 is 4.74 Å². The van der Waals surface area contributed by atoms with E-state index in [0.717, 1.165) is 11.3 Å². The first-order valence-corrected chi connectivity index (χ1v) is 4.18. The van der Waals surface area contributed by atoms with E-state index in [2.05, 4.69) is 6.58 Å². The molecule has 0 aliphatic carbocycles. The zero-order valence-corrected chi connectivity index (χ0v) is 8.00. The van der Waals surface area contributed by atoms with Crippen LogP contribution in [0.3, 0.4) is 0 Å². The van der Waals surface area contributed by atoms with Gasteiger partial charge in [0, 0.05) is 0 Å². The molecule has 0 saturated carbocycles. The van der Waals surface area contributed by atoms with Crippen LogP contribution in [0, 0.1) is 6.92 Å². The third-order valence-corrected chi connectivity index (χ3v) is 1.30. The lowest BCUT2D eigenvalue weighted by Crippen LogP contribution is -1.82. The normalized spacial score (nSPS) is 7.92. The van der Waals surface area contributed by atoms with Crippen LogP contribution >= 0.6 is 0 Å². The van der Waals surface area contributed by atoms with Gasteiger partial charge in [0.1, 0.15) is 5.75 Å². The van der Waals surface area contributed by atoms with Crippen LogP contribution in [0.15, 0.2) is 37.1 Å². The van der Waals surface area contributed by atoms with Crippen molar-refractivity contribution in [3.8, 4) is 5.75 Å². The highest BCUT2D eigenvalue weighted by Crippen LogP contribution is 2.15. The number of rotatable bonds is 2. The lowest BCUT2D eigenvalue weighted by atomic mass is 10.2. The van der Waals surface area contributed by atoms with E-state index in [0.29, 0.717) is 0 Å². The number of hydrogen-bond donors (Lipinski definition) is 0. The molecule has 12 heavy (non-hydrogen) atoms. The van der Waals surface area contributed by atoms with E-state index in [-0.39, 0.29) is 0 Å². The van der Waals surface area contributed by atoms with Gasteiger partial charge in [-0.25, -0.2) is 0 Å². The average Bonchev–Trinajstić information content (AvgIpc) is 2.13. The Bertz CT molecular complexity index is 228. The molecule has 0 atom stereocenters. The number of ether oxygens (including phenoxy) is 1. The molecule has 66 valence electrons. The molecule has 0 aliphatic heterocycles. The zero-order chi connectivity index (χ0) is 9.40. The Balaban J connectivity index is 0.000000561. The topological polar surface area (TPSA) is 9.23 Å². The molecule has 0 spiro atoms. The molecule has 0 fully saturated rings. The largest absolute Gasteiger partial charge is 0.465 e. The first kappa shape index (κ1) is 10.8. The van der Waals surface area contributed by atoms with E-state index >= 15 is 0 Å². The van der Waals surface area contributed by atoms with Gasteiger partial charge in [-0.2, -0.15) is 0 Å². The maximum Gasteiger partial charge on any atom is 0.129 e. The van der Waals surface area contributed by atoms with Crippen molar-refractivity contribution in [3.05, 3.63) is 42.7 Å². The molecule has 0 aliphatic rings. The zero-order valence-electron chi connectivity index (χ0n) is 8.00. The summed E-state index contributed by atoms with van der Waals surface area (Å²) in [5.41, 5.74) is 1.13. The highest BCUT2D eigenvalue weighted by molar-refractivity contribution is 5.32. The van der Waals surface area contributed by atoms with E-state index in [1.165, 1.54) is 6.26 Å². The van der Waals surface area contributed by atoms with Gasteiger partial charge in [0.05, 0.1) is 6.26 Å². The SMILES string of the molecule is C=COc1ccccc1C.CC. The number of aryl methyl sites for hydroxylation is 1. The van der Waals surface area contributed by atoms with Gasteiger partial charge in [-0.15, -0.1) is 0 Å². The molecule has 0 unspecified atom stereocenters. The first-order chi connectivity index (χ1) is 5.84. The highest BCUT2D eigenvalue weighted by atomic mass is 16.5. The summed E-state index contributed by atoms with van der Waals surface area (Å²) in [6, 6.07) is 7.83. The monoisotopic (exact) mass is 164 g/mol. The minimum absolute atomic E-state index is 0.873. The lowest BCUT2D eigenvalue weighted by molar-refractivity contribution is 0.479. The molecule has 1 heteroatoms. The van der Waals surface area contributed by atoms with E-state index < -0.39 is 0 Å². The van der Waals surface area contributed by atoms with Crippen molar-refractivity contribution in [1.29, 1.82) is 0 Å². The van der Waals surface area contributed by atoms with Crippen LogP contribution in [-0.4, -0.2) is 0 Å². The second-order valence-corrected chi connectivity index (χ2v) is 2.05. The predicted octanol–water partition coefficient (Wildman–Crippen LogP) is 3.54. The second-order valence-electron chi connectivity index (χ2n) is 2.05. The summed E-state index contributed by atoms with van der Waals surface area (Å²) < 4.78 is 5.10. The maximum atomic E-state index is 5.10. The van der Waals surface area contributed by atoms with E-state index in [1.807, 2.05) is 45.0 Å². The smallest absolute Gasteiger partial charge is 0.129 e. The molecule has 0 aromatic heterocycles. The quantitative estimate of drug-likeness (QED) is 0.607. The molecular formula is C11H16O. The van der Waals surface area contributed by atoms with Crippen LogP contribution in [0.25, 0.3) is 0 Å². The fraction of sp³-hybridized carbons (Fsp3) is 0.273. The Labute approximate surface area is 74.7 Å². The van der Waals surface area contributed by atoms with Gasteiger partial charge in [-0.05, 0) is 18.6 Å². The van der Waals surface area contributed by atoms with Crippen LogP contribution in [0.4, 0.5) is 0 Å².